The highest BCUT2D eigenvalue weighted by Gasteiger charge is 2.55. The molecule has 1 aromatic heterocycles. The van der Waals surface area contributed by atoms with E-state index >= 15 is 0 Å². The maximum Gasteiger partial charge on any atom is 0.210 e. The number of pyridine rings is 1. The molecule has 4 heteroatoms. The molecule has 0 radical (unpaired) electrons. The molecule has 1 fully saturated rings. The first-order chi connectivity index (χ1) is 11.0. The SMILES string of the molecule is [2H]C1(C2=NC(C)(C)CO2)[C@H](c2ccccn2)N1c1ccccc1. The predicted molar refractivity (Wildman–Crippen MR) is 87.2 cm³/mol. The van der Waals surface area contributed by atoms with E-state index in [1.807, 2.05) is 67.3 Å². The van der Waals surface area contributed by atoms with Crippen LogP contribution in [0, 0.1) is 0 Å². The van der Waals surface area contributed by atoms with Crippen LogP contribution in [0.4, 0.5) is 5.69 Å². The second kappa shape index (κ2) is 4.83. The third kappa shape index (κ3) is 2.25. The molecule has 0 saturated carbocycles. The van der Waals surface area contributed by atoms with E-state index in [1.54, 1.807) is 6.20 Å². The molecule has 2 atom stereocenters. The molecule has 2 aromatic rings. The van der Waals surface area contributed by atoms with Gasteiger partial charge in [0.15, 0.2) is 0 Å². The lowest BCUT2D eigenvalue weighted by Gasteiger charge is -2.07. The third-order valence-corrected chi connectivity index (χ3v) is 3.90. The minimum atomic E-state index is -1.02. The maximum atomic E-state index is 9.04. The van der Waals surface area contributed by atoms with Gasteiger partial charge in [-0.15, -0.1) is 0 Å². The highest BCUT2D eigenvalue weighted by atomic mass is 16.5. The van der Waals surface area contributed by atoms with Gasteiger partial charge in [0.2, 0.25) is 5.90 Å². The molecule has 0 spiro atoms. The minimum Gasteiger partial charge on any atom is -0.477 e. The van der Waals surface area contributed by atoms with Crippen molar-refractivity contribution in [2.24, 2.45) is 4.99 Å². The van der Waals surface area contributed by atoms with E-state index in [2.05, 4.69) is 9.98 Å². The fourth-order valence-electron chi connectivity index (χ4n) is 2.82. The molecule has 1 unspecified atom stereocenters. The van der Waals surface area contributed by atoms with Crippen LogP contribution in [0.1, 0.15) is 27.0 Å². The quantitative estimate of drug-likeness (QED) is 0.816. The van der Waals surface area contributed by atoms with Crippen molar-refractivity contribution in [3.8, 4) is 0 Å². The zero-order chi connectivity index (χ0) is 16.1. The van der Waals surface area contributed by atoms with Crippen LogP contribution in [0.25, 0.3) is 0 Å². The maximum absolute atomic E-state index is 9.04. The summed E-state index contributed by atoms with van der Waals surface area (Å²) in [5, 5.41) is 0. The molecule has 1 saturated heterocycles. The number of ether oxygens (including phenoxy) is 1. The number of hydrogen-bond acceptors (Lipinski definition) is 4. The van der Waals surface area contributed by atoms with Gasteiger partial charge in [-0.1, -0.05) is 24.3 Å². The first-order valence-corrected chi connectivity index (χ1v) is 7.51. The number of rotatable bonds is 3. The van der Waals surface area contributed by atoms with E-state index < -0.39 is 6.02 Å². The van der Waals surface area contributed by atoms with Gasteiger partial charge in [-0.2, -0.15) is 0 Å². The molecule has 0 N–H and O–H groups in total. The molecule has 1 aromatic carbocycles. The van der Waals surface area contributed by atoms with Gasteiger partial charge < -0.3 is 9.64 Å². The number of anilines is 1. The molecule has 2 aliphatic heterocycles. The van der Waals surface area contributed by atoms with Crippen LogP contribution in [0.2, 0.25) is 0 Å². The van der Waals surface area contributed by atoms with Crippen LogP contribution >= 0.6 is 0 Å². The van der Waals surface area contributed by atoms with Crippen LogP contribution in [-0.4, -0.2) is 29.0 Å². The predicted octanol–water partition coefficient (Wildman–Crippen LogP) is 3.22. The van der Waals surface area contributed by atoms with Gasteiger partial charge in [0.05, 0.1) is 12.6 Å². The van der Waals surface area contributed by atoms with E-state index in [1.165, 1.54) is 0 Å². The molecule has 22 heavy (non-hydrogen) atoms. The van der Waals surface area contributed by atoms with Crippen molar-refractivity contribution < 1.29 is 6.11 Å². The summed E-state index contributed by atoms with van der Waals surface area (Å²) in [5.41, 5.74) is 1.57. The average Bonchev–Trinajstić information content (AvgIpc) is 3.03. The van der Waals surface area contributed by atoms with Gasteiger partial charge >= 0.3 is 0 Å². The van der Waals surface area contributed by atoms with Crippen molar-refractivity contribution in [1.29, 1.82) is 0 Å². The Balaban J connectivity index is 1.77. The fourth-order valence-corrected chi connectivity index (χ4v) is 2.82. The Morgan fingerprint density at radius 2 is 1.95 bits per heavy atom. The number of aliphatic imine (C=N–C) groups is 1. The number of para-hydroxylation sites is 1. The summed E-state index contributed by atoms with van der Waals surface area (Å²) in [6.45, 7) is 4.56. The number of nitrogens with zero attached hydrogens (tertiary/aromatic N) is 3. The highest BCUT2D eigenvalue weighted by molar-refractivity contribution is 5.94. The summed E-state index contributed by atoms with van der Waals surface area (Å²) >= 11 is 0. The Bertz CT molecular complexity index is 700. The molecule has 2 aliphatic rings. The number of aromatic nitrogens is 1. The minimum absolute atomic E-state index is 0.182. The summed E-state index contributed by atoms with van der Waals surface area (Å²) in [7, 11) is 0. The molecule has 4 rings (SSSR count). The lowest BCUT2D eigenvalue weighted by atomic mass is 10.1. The standard InChI is InChI=1S/C18H19N3O/c1-18(2)12-22-17(20-18)16-15(14-10-6-7-11-19-14)21(16)13-8-4-3-5-9-13/h3-11,15-16H,12H2,1-2H3/t15-,16?,21?/m0/s1/i16D. The third-order valence-electron chi connectivity index (χ3n) is 3.90. The first kappa shape index (κ1) is 12.2. The smallest absolute Gasteiger partial charge is 0.210 e. The number of benzene rings is 1. The summed E-state index contributed by atoms with van der Waals surface area (Å²) in [6, 6.07) is 14.5. The zero-order valence-electron chi connectivity index (χ0n) is 13.7. The molecule has 112 valence electrons. The molecular weight excluding hydrogens is 274 g/mol. The first-order valence-electron chi connectivity index (χ1n) is 8.01. The van der Waals surface area contributed by atoms with E-state index in [9.17, 15) is 0 Å². The Kier molecular flexibility index (Phi) is 2.68. The Hall–Kier alpha value is -2.36. The highest BCUT2D eigenvalue weighted by Crippen LogP contribution is 2.48. The van der Waals surface area contributed by atoms with Crippen molar-refractivity contribution in [3.05, 3.63) is 60.4 Å². The van der Waals surface area contributed by atoms with Gasteiger partial charge in [-0.25, -0.2) is 4.99 Å². The lowest BCUT2D eigenvalue weighted by molar-refractivity contribution is 0.275. The second-order valence-corrected chi connectivity index (χ2v) is 6.27. The van der Waals surface area contributed by atoms with Gasteiger partial charge in [-0.05, 0) is 38.1 Å². The monoisotopic (exact) mass is 294 g/mol. The van der Waals surface area contributed by atoms with Crippen LogP contribution in [0.15, 0.2) is 59.7 Å². The van der Waals surface area contributed by atoms with Crippen LogP contribution in [0.5, 0.6) is 0 Å². The van der Waals surface area contributed by atoms with Crippen molar-refractivity contribution in [3.63, 3.8) is 0 Å². The van der Waals surface area contributed by atoms with Gasteiger partial charge in [0.25, 0.3) is 0 Å². The van der Waals surface area contributed by atoms with E-state index in [-0.39, 0.29) is 11.6 Å². The van der Waals surface area contributed by atoms with Gasteiger partial charge in [0, 0.05) is 11.9 Å². The summed E-state index contributed by atoms with van der Waals surface area (Å²) < 4.78 is 14.8. The molecule has 4 nitrogen and oxygen atoms in total. The molecule has 0 amide bonds. The van der Waals surface area contributed by atoms with Crippen molar-refractivity contribution in [2.45, 2.75) is 31.4 Å². The Morgan fingerprint density at radius 1 is 1.18 bits per heavy atom. The lowest BCUT2D eigenvalue weighted by Crippen LogP contribution is -2.17. The summed E-state index contributed by atoms with van der Waals surface area (Å²) in [6.07, 6.45) is 1.76. The number of hydrogen-bond donors (Lipinski definition) is 0. The molecule has 0 aliphatic carbocycles. The molecule has 0 bridgehead atoms. The van der Waals surface area contributed by atoms with E-state index in [4.69, 9.17) is 6.11 Å². The summed E-state index contributed by atoms with van der Waals surface area (Å²) in [5.74, 6) is 0.488. The van der Waals surface area contributed by atoms with Crippen molar-refractivity contribution >= 4 is 11.6 Å². The second-order valence-electron chi connectivity index (χ2n) is 6.27. The van der Waals surface area contributed by atoms with Crippen LogP contribution in [0.3, 0.4) is 0 Å². The Labute approximate surface area is 131 Å². The van der Waals surface area contributed by atoms with Crippen molar-refractivity contribution in [2.75, 3.05) is 11.5 Å². The van der Waals surface area contributed by atoms with E-state index in [0.717, 1.165) is 11.4 Å². The van der Waals surface area contributed by atoms with Gasteiger partial charge in [-0.3, -0.25) is 4.98 Å². The van der Waals surface area contributed by atoms with Gasteiger partial charge in [0.1, 0.15) is 18.7 Å². The Morgan fingerprint density at radius 3 is 2.59 bits per heavy atom. The summed E-state index contributed by atoms with van der Waals surface area (Å²) in [4.78, 5) is 11.1. The van der Waals surface area contributed by atoms with Crippen LogP contribution < -0.4 is 4.90 Å². The zero-order valence-corrected chi connectivity index (χ0v) is 12.7. The van der Waals surface area contributed by atoms with E-state index in [0.29, 0.717) is 12.5 Å². The average molecular weight is 294 g/mol. The van der Waals surface area contributed by atoms with Crippen LogP contribution in [-0.2, 0) is 4.74 Å². The van der Waals surface area contributed by atoms with Crippen molar-refractivity contribution in [1.82, 2.24) is 4.98 Å². The molecule has 3 heterocycles. The fraction of sp³-hybridized carbons (Fsp3) is 0.333. The largest absolute Gasteiger partial charge is 0.477 e. The normalized spacial score (nSPS) is 29.5. The topological polar surface area (TPSA) is 37.5 Å². The molecular formula is C18H19N3O.